The number of benzene rings is 3. The molecule has 1 heterocycles. The number of methoxy groups -OCH3 is 1. The van der Waals surface area contributed by atoms with Gasteiger partial charge in [-0.05, 0) is 79.8 Å². The molecule has 192 valence electrons. The molecule has 1 aliphatic heterocycles. The third kappa shape index (κ3) is 5.10. The molecule has 1 fully saturated rings. The Morgan fingerprint density at radius 1 is 0.946 bits per heavy atom. The van der Waals surface area contributed by atoms with E-state index in [1.54, 1.807) is 31.4 Å². The number of aliphatic hydroxyl groups excluding tert-OH is 1. The fourth-order valence-corrected chi connectivity index (χ4v) is 4.75. The van der Waals surface area contributed by atoms with Gasteiger partial charge in [0, 0.05) is 16.8 Å². The van der Waals surface area contributed by atoms with Crippen molar-refractivity contribution in [2.75, 3.05) is 18.6 Å². The van der Waals surface area contributed by atoms with Gasteiger partial charge >= 0.3 is 0 Å². The summed E-state index contributed by atoms with van der Waals surface area (Å²) in [6.45, 7) is 10.5. The van der Waals surface area contributed by atoms with Crippen LogP contribution in [0.1, 0.15) is 47.7 Å². The van der Waals surface area contributed by atoms with Gasteiger partial charge in [0.15, 0.2) is 0 Å². The molecule has 0 saturated carbocycles. The quantitative estimate of drug-likeness (QED) is 0.235. The largest absolute Gasteiger partial charge is 0.507 e. The van der Waals surface area contributed by atoms with Crippen molar-refractivity contribution in [3.05, 3.63) is 94.1 Å². The fourth-order valence-electron chi connectivity index (χ4n) is 4.75. The van der Waals surface area contributed by atoms with Crippen LogP contribution >= 0.6 is 0 Å². The number of carbonyl (C=O) groups excluding carboxylic acids is 2. The Kier molecular flexibility index (Phi) is 7.39. The predicted octanol–water partition coefficient (Wildman–Crippen LogP) is 6.28. The first kappa shape index (κ1) is 26.0. The molecule has 0 bridgehead atoms. The molecule has 4 rings (SSSR count). The highest BCUT2D eigenvalue weighted by molar-refractivity contribution is 6.51. The van der Waals surface area contributed by atoms with E-state index in [4.69, 9.17) is 9.47 Å². The number of para-hydroxylation sites is 1. The Bertz CT molecular complexity index is 1370. The molecule has 1 unspecified atom stereocenters. The average molecular weight is 500 g/mol. The van der Waals surface area contributed by atoms with Gasteiger partial charge in [-0.2, -0.15) is 0 Å². The second kappa shape index (κ2) is 10.5. The highest BCUT2D eigenvalue weighted by atomic mass is 16.5. The van der Waals surface area contributed by atoms with Gasteiger partial charge in [-0.15, -0.1) is 0 Å². The minimum atomic E-state index is -0.866. The molecule has 0 aliphatic carbocycles. The minimum absolute atomic E-state index is 0.0175. The number of aliphatic hydroxyl groups is 1. The van der Waals surface area contributed by atoms with Crippen LogP contribution in [0.25, 0.3) is 5.76 Å². The monoisotopic (exact) mass is 499 g/mol. The third-order valence-electron chi connectivity index (χ3n) is 6.38. The van der Waals surface area contributed by atoms with Crippen LogP contribution in [0.5, 0.6) is 11.5 Å². The first-order valence-corrected chi connectivity index (χ1v) is 12.4. The summed E-state index contributed by atoms with van der Waals surface area (Å²) in [6.07, 6.45) is 0. The Hall–Kier alpha value is -4.06. The molecule has 6 heteroatoms. The number of hydrogen-bond donors (Lipinski definition) is 1. The molecule has 1 atom stereocenters. The predicted molar refractivity (Wildman–Crippen MR) is 145 cm³/mol. The van der Waals surface area contributed by atoms with Gasteiger partial charge in [0.05, 0.1) is 25.3 Å². The molecule has 37 heavy (non-hydrogen) atoms. The Morgan fingerprint density at radius 2 is 1.62 bits per heavy atom. The van der Waals surface area contributed by atoms with Gasteiger partial charge in [-0.3, -0.25) is 14.5 Å². The number of rotatable bonds is 7. The van der Waals surface area contributed by atoms with Crippen molar-refractivity contribution < 1.29 is 24.2 Å². The average Bonchev–Trinajstić information content (AvgIpc) is 3.12. The molecule has 1 saturated heterocycles. The summed E-state index contributed by atoms with van der Waals surface area (Å²) in [5.41, 5.74) is 4.40. The first-order chi connectivity index (χ1) is 17.6. The molecular weight excluding hydrogens is 466 g/mol. The van der Waals surface area contributed by atoms with Gasteiger partial charge in [-0.25, -0.2) is 0 Å². The second-order valence-electron chi connectivity index (χ2n) is 9.94. The van der Waals surface area contributed by atoms with Crippen LogP contribution in [-0.4, -0.2) is 30.5 Å². The summed E-state index contributed by atoms with van der Waals surface area (Å²) >= 11 is 0. The Labute approximate surface area is 218 Å². The van der Waals surface area contributed by atoms with Gasteiger partial charge in [0.2, 0.25) is 0 Å². The molecule has 0 radical (unpaired) electrons. The van der Waals surface area contributed by atoms with Crippen molar-refractivity contribution in [2.24, 2.45) is 5.92 Å². The summed E-state index contributed by atoms with van der Waals surface area (Å²) in [6, 6.07) is 17.4. The fraction of sp³-hybridized carbons (Fsp3) is 0.290. The van der Waals surface area contributed by atoms with Crippen LogP contribution in [0.3, 0.4) is 0 Å². The topological polar surface area (TPSA) is 76.1 Å². The van der Waals surface area contributed by atoms with Crippen LogP contribution < -0.4 is 14.4 Å². The van der Waals surface area contributed by atoms with Crippen molar-refractivity contribution >= 4 is 23.1 Å². The van der Waals surface area contributed by atoms with Gasteiger partial charge < -0.3 is 14.6 Å². The van der Waals surface area contributed by atoms with Crippen LogP contribution in [0.2, 0.25) is 0 Å². The highest BCUT2D eigenvalue weighted by Crippen LogP contribution is 2.45. The van der Waals surface area contributed by atoms with E-state index in [-0.39, 0.29) is 11.3 Å². The summed E-state index contributed by atoms with van der Waals surface area (Å²) in [7, 11) is 1.54. The van der Waals surface area contributed by atoms with E-state index in [0.717, 1.165) is 16.7 Å². The molecule has 0 aromatic heterocycles. The molecule has 3 aromatic rings. The molecule has 3 aromatic carbocycles. The second-order valence-corrected chi connectivity index (χ2v) is 9.94. The number of amides is 1. The lowest BCUT2D eigenvalue weighted by Gasteiger charge is -2.27. The lowest BCUT2D eigenvalue weighted by atomic mass is 9.94. The van der Waals surface area contributed by atoms with Crippen molar-refractivity contribution in [1.82, 2.24) is 0 Å². The van der Waals surface area contributed by atoms with Gasteiger partial charge in [-0.1, -0.05) is 38.1 Å². The van der Waals surface area contributed by atoms with Crippen molar-refractivity contribution in [2.45, 2.75) is 40.7 Å². The SMILES string of the molecule is COc1ccccc1C1/C(=C(\O)c2ccc(OCC(C)C)c(C)c2)C(=O)C(=O)N1c1cc(C)cc(C)c1. The molecule has 1 N–H and O–H groups in total. The Morgan fingerprint density at radius 3 is 2.24 bits per heavy atom. The van der Waals surface area contributed by atoms with E-state index in [1.165, 1.54) is 4.90 Å². The standard InChI is InChI=1S/C31H33NO5/c1-18(2)17-37-25-12-11-22(16-21(25)5)29(33)27-28(24-9-7-8-10-26(24)36-6)32(31(35)30(27)34)23-14-19(3)13-20(4)15-23/h7-16,18,28,33H,17H2,1-6H3/b29-27+. The summed E-state index contributed by atoms with van der Waals surface area (Å²) in [5, 5.41) is 11.5. The summed E-state index contributed by atoms with van der Waals surface area (Å²) < 4.78 is 11.5. The van der Waals surface area contributed by atoms with E-state index >= 15 is 0 Å². The number of Topliss-reactive ketones (excluding diaryl/α,β-unsaturated/α-hetero) is 1. The number of ketones is 1. The van der Waals surface area contributed by atoms with Crippen molar-refractivity contribution in [1.29, 1.82) is 0 Å². The summed E-state index contributed by atoms with van der Waals surface area (Å²) in [5.74, 6) is -0.0823. The zero-order valence-corrected chi connectivity index (χ0v) is 22.2. The van der Waals surface area contributed by atoms with Crippen LogP contribution in [0.15, 0.2) is 66.2 Å². The number of carbonyl (C=O) groups is 2. The van der Waals surface area contributed by atoms with Crippen LogP contribution in [0.4, 0.5) is 5.69 Å². The minimum Gasteiger partial charge on any atom is -0.507 e. The van der Waals surface area contributed by atoms with Crippen molar-refractivity contribution in [3.63, 3.8) is 0 Å². The number of ether oxygens (including phenoxy) is 2. The maximum atomic E-state index is 13.5. The zero-order valence-electron chi connectivity index (χ0n) is 22.2. The maximum Gasteiger partial charge on any atom is 0.300 e. The lowest BCUT2D eigenvalue weighted by molar-refractivity contribution is -0.132. The number of nitrogens with zero attached hydrogens (tertiary/aromatic N) is 1. The van der Waals surface area contributed by atoms with E-state index in [1.807, 2.05) is 57.2 Å². The van der Waals surface area contributed by atoms with E-state index in [9.17, 15) is 14.7 Å². The normalized spacial score (nSPS) is 16.9. The van der Waals surface area contributed by atoms with Crippen LogP contribution in [0, 0.1) is 26.7 Å². The molecule has 6 nitrogen and oxygen atoms in total. The van der Waals surface area contributed by atoms with Crippen molar-refractivity contribution in [3.8, 4) is 11.5 Å². The lowest BCUT2D eigenvalue weighted by Crippen LogP contribution is -2.29. The maximum absolute atomic E-state index is 13.5. The highest BCUT2D eigenvalue weighted by Gasteiger charge is 2.48. The van der Waals surface area contributed by atoms with Gasteiger partial charge in [0.1, 0.15) is 17.3 Å². The first-order valence-electron chi connectivity index (χ1n) is 12.4. The third-order valence-corrected chi connectivity index (χ3v) is 6.38. The number of anilines is 1. The van der Waals surface area contributed by atoms with Gasteiger partial charge in [0.25, 0.3) is 11.7 Å². The Balaban J connectivity index is 1.91. The number of aryl methyl sites for hydroxylation is 3. The van der Waals surface area contributed by atoms with E-state index in [2.05, 4.69) is 13.8 Å². The smallest absolute Gasteiger partial charge is 0.300 e. The zero-order chi connectivity index (χ0) is 26.9. The molecule has 1 aliphatic rings. The summed E-state index contributed by atoms with van der Waals surface area (Å²) in [4.78, 5) is 28.5. The van der Waals surface area contributed by atoms with E-state index in [0.29, 0.717) is 40.8 Å². The molecule has 0 spiro atoms. The number of hydrogen-bond acceptors (Lipinski definition) is 5. The molecule has 1 amide bonds. The molecular formula is C31H33NO5. The van der Waals surface area contributed by atoms with E-state index < -0.39 is 17.7 Å². The van der Waals surface area contributed by atoms with Crippen LogP contribution in [-0.2, 0) is 9.59 Å².